The first-order chi connectivity index (χ1) is 13.8. The monoisotopic (exact) mass is 399 g/mol. The van der Waals surface area contributed by atoms with Crippen molar-refractivity contribution in [1.29, 1.82) is 0 Å². The summed E-state index contributed by atoms with van der Waals surface area (Å²) in [5.74, 6) is 1.47. The molecule has 8 nitrogen and oxygen atoms in total. The number of aryl methyl sites for hydroxylation is 1. The number of hydrogen-bond acceptors (Lipinski definition) is 8. The van der Waals surface area contributed by atoms with Gasteiger partial charge >= 0.3 is 0 Å². The van der Waals surface area contributed by atoms with E-state index in [9.17, 15) is 5.11 Å². The number of anilines is 4. The molecule has 0 aliphatic carbocycles. The number of aliphatic hydroxyl groups is 1. The predicted octanol–water partition coefficient (Wildman–Crippen LogP) is 3.30. The van der Waals surface area contributed by atoms with Gasteiger partial charge in [-0.1, -0.05) is 19.6 Å². The zero-order valence-corrected chi connectivity index (χ0v) is 18.0. The zero-order valence-electron chi connectivity index (χ0n) is 18.0. The van der Waals surface area contributed by atoms with E-state index in [1.54, 1.807) is 19.3 Å². The van der Waals surface area contributed by atoms with Gasteiger partial charge in [0.15, 0.2) is 11.6 Å². The van der Waals surface area contributed by atoms with Gasteiger partial charge in [-0.3, -0.25) is 4.98 Å². The third-order valence-electron chi connectivity index (χ3n) is 4.80. The molecule has 0 saturated carbocycles. The van der Waals surface area contributed by atoms with Crippen molar-refractivity contribution >= 4 is 23.3 Å². The molecule has 0 bridgehead atoms. The number of aromatic nitrogens is 3. The van der Waals surface area contributed by atoms with Crippen LogP contribution in [-0.2, 0) is 6.54 Å². The molecule has 0 spiro atoms. The topological polar surface area (TPSA) is 112 Å². The minimum Gasteiger partial charge on any atom is -0.393 e. The Morgan fingerprint density at radius 2 is 2.03 bits per heavy atom. The first kappa shape index (κ1) is 22.4. The Kier molecular flexibility index (Phi) is 7.78. The highest BCUT2D eigenvalue weighted by molar-refractivity contribution is 5.77. The van der Waals surface area contributed by atoms with Gasteiger partial charge < -0.3 is 26.4 Å². The molecule has 2 aromatic heterocycles. The largest absolute Gasteiger partial charge is 0.393 e. The van der Waals surface area contributed by atoms with Crippen LogP contribution in [0.3, 0.4) is 0 Å². The summed E-state index contributed by atoms with van der Waals surface area (Å²) in [7, 11) is 0. The average molecular weight is 400 g/mol. The quantitative estimate of drug-likeness (QED) is 0.481. The lowest BCUT2D eigenvalue weighted by atomic mass is 10.1. The van der Waals surface area contributed by atoms with Crippen molar-refractivity contribution in [3.05, 3.63) is 42.4 Å². The van der Waals surface area contributed by atoms with Gasteiger partial charge in [0.25, 0.3) is 0 Å². The van der Waals surface area contributed by atoms with Crippen LogP contribution in [0.5, 0.6) is 0 Å². The molecule has 0 unspecified atom stereocenters. The minimum absolute atomic E-state index is 0.113. The molecule has 0 fully saturated rings. The molecule has 2 atom stereocenters. The van der Waals surface area contributed by atoms with Crippen LogP contribution in [0.25, 0.3) is 0 Å². The van der Waals surface area contributed by atoms with E-state index in [4.69, 9.17) is 5.73 Å². The number of pyridine rings is 1. The Balaban J connectivity index is 2.43. The summed E-state index contributed by atoms with van der Waals surface area (Å²) in [6.07, 6.45) is 3.65. The molecule has 0 aliphatic heterocycles. The fourth-order valence-corrected chi connectivity index (χ4v) is 3.00. The fraction of sp³-hybridized carbons (Fsp3) is 0.476. The highest BCUT2D eigenvalue weighted by atomic mass is 16.3. The van der Waals surface area contributed by atoms with Gasteiger partial charge in [0, 0.05) is 12.2 Å². The molecule has 0 aromatic carbocycles. The van der Waals surface area contributed by atoms with E-state index in [-0.39, 0.29) is 12.1 Å². The van der Waals surface area contributed by atoms with Crippen LogP contribution < -0.4 is 21.3 Å². The van der Waals surface area contributed by atoms with E-state index in [0.717, 1.165) is 17.7 Å². The summed E-state index contributed by atoms with van der Waals surface area (Å²) < 4.78 is 0. The van der Waals surface area contributed by atoms with Gasteiger partial charge in [-0.2, -0.15) is 9.97 Å². The Bertz CT molecular complexity index is 823. The van der Waals surface area contributed by atoms with E-state index < -0.39 is 6.10 Å². The van der Waals surface area contributed by atoms with Gasteiger partial charge in [-0.05, 0) is 51.9 Å². The van der Waals surface area contributed by atoms with Crippen LogP contribution in [0.2, 0.25) is 0 Å². The van der Waals surface area contributed by atoms with Crippen molar-refractivity contribution in [3.8, 4) is 0 Å². The third kappa shape index (κ3) is 5.57. The Labute approximate surface area is 173 Å². The van der Waals surface area contributed by atoms with Crippen molar-refractivity contribution in [2.75, 3.05) is 21.3 Å². The van der Waals surface area contributed by atoms with Gasteiger partial charge in [-0.15, -0.1) is 0 Å². The van der Waals surface area contributed by atoms with Crippen LogP contribution in [0.4, 0.5) is 23.3 Å². The molecular weight excluding hydrogens is 366 g/mol. The molecule has 2 rings (SSSR count). The van der Waals surface area contributed by atoms with Crippen LogP contribution in [0.15, 0.2) is 31.1 Å². The second kappa shape index (κ2) is 10.1. The molecule has 0 radical (unpaired) electrons. The highest BCUT2D eigenvalue weighted by Crippen LogP contribution is 2.31. The summed E-state index contributed by atoms with van der Waals surface area (Å²) in [5.41, 5.74) is 8.85. The number of nitrogens with one attached hydrogen (secondary N) is 2. The van der Waals surface area contributed by atoms with Gasteiger partial charge in [0.05, 0.1) is 24.4 Å². The van der Waals surface area contributed by atoms with Crippen LogP contribution in [-0.4, -0.2) is 38.2 Å². The summed E-state index contributed by atoms with van der Waals surface area (Å²) in [5, 5.41) is 16.5. The van der Waals surface area contributed by atoms with Crippen molar-refractivity contribution in [1.82, 2.24) is 15.0 Å². The zero-order chi connectivity index (χ0) is 21.6. The molecular formula is C21H33N7O. The lowest BCUT2D eigenvalue weighted by Gasteiger charge is -2.27. The maximum atomic E-state index is 10.00. The second-order valence-corrected chi connectivity index (χ2v) is 7.34. The Morgan fingerprint density at radius 1 is 1.31 bits per heavy atom. The van der Waals surface area contributed by atoms with Crippen LogP contribution in [0.1, 0.15) is 45.4 Å². The number of nitrogens with zero attached hydrogens (tertiary/aromatic N) is 4. The molecule has 29 heavy (non-hydrogen) atoms. The van der Waals surface area contributed by atoms with E-state index >= 15 is 0 Å². The van der Waals surface area contributed by atoms with Crippen molar-refractivity contribution < 1.29 is 5.11 Å². The smallest absolute Gasteiger partial charge is 0.227 e. The van der Waals surface area contributed by atoms with Gasteiger partial charge in [0.2, 0.25) is 5.95 Å². The normalized spacial score (nSPS) is 13.1. The molecule has 158 valence electrons. The second-order valence-electron chi connectivity index (χ2n) is 7.34. The number of hydrogen-bond donors (Lipinski definition) is 4. The van der Waals surface area contributed by atoms with Crippen molar-refractivity contribution in [2.45, 2.75) is 65.8 Å². The van der Waals surface area contributed by atoms with Crippen molar-refractivity contribution in [2.24, 2.45) is 0 Å². The number of nitrogen functional groups attached to an aromatic ring is 1. The Hall–Kier alpha value is -2.87. The number of aliphatic hydroxyl groups excluding tert-OH is 1. The average Bonchev–Trinajstić information content (AvgIpc) is 2.68. The standard InChI is InChI=1S/C21H33N7O/c1-7-16(15(6)29)25-21-26-19(24-12-17-14(5)10-9-11-23-17)18(22)20(27-21)28(8-2)13(3)4/h8-11,13,15-16,29H,2,7,12,22H2,1,3-6H3,(H2,24,25,26,27)/t15-,16+/m1/s1. The molecule has 5 N–H and O–H groups in total. The van der Waals surface area contributed by atoms with Gasteiger partial charge in [0.1, 0.15) is 5.69 Å². The molecule has 0 aliphatic rings. The van der Waals surface area contributed by atoms with Gasteiger partial charge in [-0.25, -0.2) is 0 Å². The van der Waals surface area contributed by atoms with E-state index in [1.807, 2.05) is 44.7 Å². The van der Waals surface area contributed by atoms with Crippen molar-refractivity contribution in [3.63, 3.8) is 0 Å². The number of nitrogens with two attached hydrogens (primary N) is 1. The first-order valence-electron chi connectivity index (χ1n) is 9.95. The lowest BCUT2D eigenvalue weighted by molar-refractivity contribution is 0.169. The summed E-state index contributed by atoms with van der Waals surface area (Å²) in [6.45, 7) is 14.2. The molecule has 2 aromatic rings. The van der Waals surface area contributed by atoms with Crippen LogP contribution >= 0.6 is 0 Å². The molecule has 0 saturated heterocycles. The summed E-state index contributed by atoms with van der Waals surface area (Å²) >= 11 is 0. The summed E-state index contributed by atoms with van der Waals surface area (Å²) in [6, 6.07) is 3.86. The van der Waals surface area contributed by atoms with E-state index in [2.05, 4.69) is 32.2 Å². The molecule has 8 heteroatoms. The fourth-order valence-electron chi connectivity index (χ4n) is 3.00. The first-order valence-corrected chi connectivity index (χ1v) is 9.95. The SMILES string of the molecule is C=CN(c1nc(N[C@@H](CC)[C@@H](C)O)nc(NCc2ncccc2C)c1N)C(C)C. The predicted molar refractivity (Wildman–Crippen MR) is 120 cm³/mol. The van der Waals surface area contributed by atoms with Crippen LogP contribution in [0, 0.1) is 6.92 Å². The molecule has 2 heterocycles. The number of rotatable bonds is 10. The highest BCUT2D eigenvalue weighted by Gasteiger charge is 2.21. The van der Waals surface area contributed by atoms with E-state index in [1.165, 1.54) is 0 Å². The molecule has 0 amide bonds. The summed E-state index contributed by atoms with van der Waals surface area (Å²) in [4.78, 5) is 15.5. The maximum Gasteiger partial charge on any atom is 0.227 e. The maximum absolute atomic E-state index is 10.00. The van der Waals surface area contributed by atoms with E-state index in [0.29, 0.717) is 29.8 Å². The minimum atomic E-state index is -0.544. The third-order valence-corrected chi connectivity index (χ3v) is 4.80. The Morgan fingerprint density at radius 3 is 2.59 bits per heavy atom. The lowest BCUT2D eigenvalue weighted by Crippen LogP contribution is -2.32.